The number of carbonyl (C=O) groups excluding carboxylic acids is 3. The van der Waals surface area contributed by atoms with Gasteiger partial charge in [-0.15, -0.1) is 0 Å². The molecular formula is C33H37N3O7S. The van der Waals surface area contributed by atoms with Crippen molar-refractivity contribution >= 4 is 46.5 Å². The molecule has 11 heteroatoms. The van der Waals surface area contributed by atoms with Crippen molar-refractivity contribution in [3.8, 4) is 17.2 Å². The number of thiocarbonyl (C=S) groups is 1. The molecule has 0 aromatic heterocycles. The third-order valence-corrected chi connectivity index (χ3v) is 7.45. The highest BCUT2D eigenvalue weighted by Crippen LogP contribution is 2.30. The van der Waals surface area contributed by atoms with Crippen molar-refractivity contribution in [2.24, 2.45) is 0 Å². The first-order valence-electron chi connectivity index (χ1n) is 14.4. The lowest BCUT2D eigenvalue weighted by atomic mass is 10.1. The van der Waals surface area contributed by atoms with Gasteiger partial charge in [-0.3, -0.25) is 14.5 Å². The van der Waals surface area contributed by atoms with Crippen LogP contribution < -0.4 is 24.4 Å². The quantitative estimate of drug-likeness (QED) is 0.191. The normalized spacial score (nSPS) is 14.4. The first-order chi connectivity index (χ1) is 21.3. The molecule has 1 aliphatic heterocycles. The average molecular weight is 620 g/mol. The lowest BCUT2D eigenvalue weighted by Crippen LogP contribution is -2.39. The number of ether oxygens (including phenoxy) is 4. The van der Waals surface area contributed by atoms with Crippen LogP contribution in [0.15, 0.2) is 66.7 Å². The number of methoxy groups -OCH3 is 2. The Bertz CT molecular complexity index is 1480. The molecule has 0 aliphatic carbocycles. The van der Waals surface area contributed by atoms with Gasteiger partial charge in [0.05, 0.1) is 45.1 Å². The van der Waals surface area contributed by atoms with Crippen LogP contribution in [0.5, 0.6) is 17.2 Å². The van der Waals surface area contributed by atoms with Gasteiger partial charge in [-0.25, -0.2) is 4.79 Å². The van der Waals surface area contributed by atoms with Crippen LogP contribution in [0.4, 0.5) is 11.4 Å². The van der Waals surface area contributed by atoms with E-state index in [1.807, 2.05) is 25.1 Å². The van der Waals surface area contributed by atoms with Gasteiger partial charge in [0.15, 0.2) is 16.6 Å². The fourth-order valence-corrected chi connectivity index (χ4v) is 5.23. The van der Waals surface area contributed by atoms with E-state index in [2.05, 4.69) is 5.32 Å². The van der Waals surface area contributed by atoms with Crippen molar-refractivity contribution in [2.45, 2.75) is 39.2 Å². The lowest BCUT2D eigenvalue weighted by molar-refractivity contribution is -0.124. The van der Waals surface area contributed by atoms with Crippen LogP contribution in [0.3, 0.4) is 0 Å². The molecule has 10 nitrogen and oxygen atoms in total. The Morgan fingerprint density at radius 1 is 0.932 bits per heavy atom. The van der Waals surface area contributed by atoms with E-state index in [4.69, 9.17) is 31.2 Å². The van der Waals surface area contributed by atoms with Crippen molar-refractivity contribution in [1.29, 1.82) is 0 Å². The van der Waals surface area contributed by atoms with E-state index >= 15 is 0 Å². The van der Waals surface area contributed by atoms with Crippen molar-refractivity contribution in [3.63, 3.8) is 0 Å². The summed E-state index contributed by atoms with van der Waals surface area (Å²) in [6, 6.07) is 18.4. The van der Waals surface area contributed by atoms with Gasteiger partial charge in [0, 0.05) is 12.2 Å². The first kappa shape index (κ1) is 32.3. The summed E-state index contributed by atoms with van der Waals surface area (Å²) in [5.41, 5.74) is 2.40. The van der Waals surface area contributed by atoms with Crippen LogP contribution in [0.2, 0.25) is 0 Å². The summed E-state index contributed by atoms with van der Waals surface area (Å²) in [5, 5.41) is 3.15. The van der Waals surface area contributed by atoms with Gasteiger partial charge in [-0.05, 0) is 98.2 Å². The molecule has 44 heavy (non-hydrogen) atoms. The van der Waals surface area contributed by atoms with E-state index in [-0.39, 0.29) is 30.0 Å². The lowest BCUT2D eigenvalue weighted by Gasteiger charge is -2.24. The SMILES string of the molecule is CCCOc1ccc(NC(=O)CC2C(=O)N(c3ccc(C(=O)OCC)cc3)C(=S)N2CCc2ccc(OC)c(OC)c2)cc1. The number of hydrogen-bond acceptors (Lipinski definition) is 8. The Balaban J connectivity index is 1.54. The Hall–Kier alpha value is -4.64. The number of amides is 2. The number of rotatable bonds is 14. The van der Waals surface area contributed by atoms with E-state index < -0.39 is 12.0 Å². The van der Waals surface area contributed by atoms with Crippen molar-refractivity contribution < 1.29 is 33.3 Å². The predicted molar refractivity (Wildman–Crippen MR) is 172 cm³/mol. The molecule has 1 aliphatic rings. The second kappa shape index (κ2) is 15.2. The Kier molecular flexibility index (Phi) is 11.1. The molecule has 232 valence electrons. The van der Waals surface area contributed by atoms with E-state index in [0.717, 1.165) is 12.0 Å². The highest BCUT2D eigenvalue weighted by molar-refractivity contribution is 7.80. The van der Waals surface area contributed by atoms with Crippen LogP contribution >= 0.6 is 12.2 Å². The van der Waals surface area contributed by atoms with Gasteiger partial charge >= 0.3 is 5.97 Å². The third-order valence-electron chi connectivity index (χ3n) is 7.03. The molecule has 1 saturated heterocycles. The number of nitrogens with zero attached hydrogens (tertiary/aromatic N) is 2. The molecule has 1 N–H and O–H groups in total. The van der Waals surface area contributed by atoms with Crippen molar-refractivity contribution in [3.05, 3.63) is 77.9 Å². The summed E-state index contributed by atoms with van der Waals surface area (Å²) < 4.78 is 21.5. The maximum Gasteiger partial charge on any atom is 0.338 e. The second-order valence-corrected chi connectivity index (χ2v) is 10.4. The van der Waals surface area contributed by atoms with Crippen LogP contribution in [0.1, 0.15) is 42.6 Å². The van der Waals surface area contributed by atoms with Crippen LogP contribution in [-0.2, 0) is 20.7 Å². The van der Waals surface area contributed by atoms with E-state index in [9.17, 15) is 14.4 Å². The van der Waals surface area contributed by atoms with Gasteiger partial charge in [0.25, 0.3) is 5.91 Å². The average Bonchev–Trinajstić information content (AvgIpc) is 3.27. The minimum absolute atomic E-state index is 0.115. The highest BCUT2D eigenvalue weighted by atomic mass is 32.1. The first-order valence-corrected chi connectivity index (χ1v) is 14.9. The molecule has 0 radical (unpaired) electrons. The van der Waals surface area contributed by atoms with Crippen molar-refractivity contribution in [1.82, 2.24) is 4.90 Å². The molecule has 0 bridgehead atoms. The summed E-state index contributed by atoms with van der Waals surface area (Å²) in [7, 11) is 3.14. The number of anilines is 2. The zero-order valence-electron chi connectivity index (χ0n) is 25.3. The molecule has 2 amide bonds. The summed E-state index contributed by atoms with van der Waals surface area (Å²) in [6.07, 6.45) is 1.31. The minimum Gasteiger partial charge on any atom is -0.494 e. The molecule has 0 spiro atoms. The van der Waals surface area contributed by atoms with Crippen molar-refractivity contribution in [2.75, 3.05) is 44.2 Å². The maximum absolute atomic E-state index is 13.8. The second-order valence-electron chi connectivity index (χ2n) is 10.00. The summed E-state index contributed by atoms with van der Waals surface area (Å²) >= 11 is 5.81. The summed E-state index contributed by atoms with van der Waals surface area (Å²) in [6.45, 7) is 5.00. The highest BCUT2D eigenvalue weighted by Gasteiger charge is 2.44. The maximum atomic E-state index is 13.8. The molecule has 1 heterocycles. The van der Waals surface area contributed by atoms with Crippen LogP contribution in [0, 0.1) is 0 Å². The van der Waals surface area contributed by atoms with E-state index in [0.29, 0.717) is 53.8 Å². The monoisotopic (exact) mass is 619 g/mol. The topological polar surface area (TPSA) is 107 Å². The predicted octanol–water partition coefficient (Wildman–Crippen LogP) is 5.24. The van der Waals surface area contributed by atoms with Gasteiger partial charge in [0.2, 0.25) is 5.91 Å². The van der Waals surface area contributed by atoms with E-state index in [1.54, 1.807) is 74.6 Å². The number of esters is 1. The summed E-state index contributed by atoms with van der Waals surface area (Å²) in [5.74, 6) is 0.807. The number of hydrogen-bond donors (Lipinski definition) is 1. The third kappa shape index (κ3) is 7.65. The Labute approximate surface area is 262 Å². The Morgan fingerprint density at radius 2 is 1.64 bits per heavy atom. The van der Waals surface area contributed by atoms with Crippen LogP contribution in [0.25, 0.3) is 0 Å². The van der Waals surface area contributed by atoms with Gasteiger partial charge in [-0.2, -0.15) is 0 Å². The molecule has 1 fully saturated rings. The molecule has 3 aromatic rings. The molecule has 1 atom stereocenters. The molecular weight excluding hydrogens is 582 g/mol. The molecule has 0 saturated carbocycles. The standard InChI is InChI=1S/C33H37N3O7S/c1-5-19-43-26-14-10-24(11-15-26)34-30(37)21-27-31(38)36(25-12-8-23(9-13-25)32(39)42-6-2)33(44)35(27)18-17-22-7-16-28(40-3)29(20-22)41-4/h7-16,20,27H,5-6,17-19,21H2,1-4H3,(H,34,37). The largest absolute Gasteiger partial charge is 0.494 e. The smallest absolute Gasteiger partial charge is 0.338 e. The molecule has 3 aromatic carbocycles. The van der Waals surface area contributed by atoms with Crippen LogP contribution in [-0.4, -0.2) is 67.8 Å². The number of nitrogens with one attached hydrogen (secondary N) is 1. The Morgan fingerprint density at radius 3 is 2.27 bits per heavy atom. The van der Waals surface area contributed by atoms with Gasteiger partial charge < -0.3 is 29.2 Å². The fourth-order valence-electron chi connectivity index (χ4n) is 4.81. The van der Waals surface area contributed by atoms with Gasteiger partial charge in [0.1, 0.15) is 11.8 Å². The molecule has 4 rings (SSSR count). The van der Waals surface area contributed by atoms with Gasteiger partial charge in [-0.1, -0.05) is 13.0 Å². The fraction of sp³-hybridized carbons (Fsp3) is 0.333. The molecule has 1 unspecified atom stereocenters. The van der Waals surface area contributed by atoms with E-state index in [1.165, 1.54) is 4.90 Å². The number of carbonyl (C=O) groups is 3. The zero-order chi connectivity index (χ0) is 31.6. The summed E-state index contributed by atoms with van der Waals surface area (Å²) in [4.78, 5) is 42.4. The number of benzene rings is 3. The zero-order valence-corrected chi connectivity index (χ0v) is 26.1. The minimum atomic E-state index is -0.834.